The molecule has 1 rings (SSSR count). The van der Waals surface area contributed by atoms with Crippen LogP contribution in [0.15, 0.2) is 10.6 Å². The van der Waals surface area contributed by atoms with Gasteiger partial charge in [0.15, 0.2) is 0 Å². The summed E-state index contributed by atoms with van der Waals surface area (Å²) in [5, 5.41) is 14.7. The molecule has 1 aromatic rings. The second kappa shape index (κ2) is 5.33. The minimum Gasteiger partial charge on any atom is -0.480 e. The molecule has 0 aliphatic carbocycles. The van der Waals surface area contributed by atoms with Gasteiger partial charge in [-0.1, -0.05) is 13.8 Å². The van der Waals surface area contributed by atoms with Crippen molar-refractivity contribution in [2.75, 3.05) is 7.11 Å². The number of carboxylic acids is 1. The first kappa shape index (κ1) is 13.0. The molecule has 1 aromatic heterocycles. The normalized spacial score (nSPS) is 12.2. The van der Waals surface area contributed by atoms with Gasteiger partial charge in [0.05, 0.1) is 13.2 Å². The van der Waals surface area contributed by atoms with E-state index in [-0.39, 0.29) is 17.6 Å². The zero-order valence-electron chi connectivity index (χ0n) is 9.76. The Labute approximate surface area is 97.7 Å². The molecule has 94 valence electrons. The first-order valence-electron chi connectivity index (χ1n) is 5.00. The lowest BCUT2D eigenvalue weighted by molar-refractivity contribution is -0.140. The Balaban J connectivity index is 2.73. The van der Waals surface area contributed by atoms with E-state index in [2.05, 4.69) is 10.5 Å². The summed E-state index contributed by atoms with van der Waals surface area (Å²) >= 11 is 0. The second-order valence-corrected chi connectivity index (χ2v) is 3.77. The first-order valence-corrected chi connectivity index (χ1v) is 5.00. The number of hydrogen-bond donors (Lipinski definition) is 2. The minimum absolute atomic E-state index is 0.0891. The highest BCUT2D eigenvalue weighted by atomic mass is 16.5. The topological polar surface area (TPSA) is 102 Å². The number of carboxylic acid groups (broad SMARTS) is 1. The average Bonchev–Trinajstić information content (AvgIpc) is 2.73. The van der Waals surface area contributed by atoms with Crippen LogP contribution in [0.5, 0.6) is 5.88 Å². The van der Waals surface area contributed by atoms with Crippen molar-refractivity contribution < 1.29 is 24.0 Å². The molecule has 1 amide bonds. The van der Waals surface area contributed by atoms with E-state index in [1.54, 1.807) is 13.8 Å². The lowest BCUT2D eigenvalue weighted by Crippen LogP contribution is -2.44. The van der Waals surface area contributed by atoms with Gasteiger partial charge in [0.1, 0.15) is 6.04 Å². The van der Waals surface area contributed by atoms with Crippen LogP contribution in [-0.4, -0.2) is 35.3 Å². The summed E-state index contributed by atoms with van der Waals surface area (Å²) in [5.41, 5.74) is 0. The van der Waals surface area contributed by atoms with Crippen molar-refractivity contribution in [3.8, 4) is 5.88 Å². The van der Waals surface area contributed by atoms with Crippen LogP contribution in [0.4, 0.5) is 0 Å². The summed E-state index contributed by atoms with van der Waals surface area (Å²) in [4.78, 5) is 22.5. The van der Waals surface area contributed by atoms with E-state index in [0.717, 1.165) is 0 Å². The summed E-state index contributed by atoms with van der Waals surface area (Å²) in [7, 11) is 1.38. The number of methoxy groups -OCH3 is 1. The first-order chi connectivity index (χ1) is 7.95. The Kier molecular flexibility index (Phi) is 4.08. The molecular weight excluding hydrogens is 228 g/mol. The van der Waals surface area contributed by atoms with Crippen molar-refractivity contribution in [1.29, 1.82) is 0 Å². The molecule has 1 unspecified atom stereocenters. The Bertz CT molecular complexity index is 413. The fraction of sp³-hybridized carbons (Fsp3) is 0.500. The van der Waals surface area contributed by atoms with Gasteiger partial charge >= 0.3 is 5.97 Å². The van der Waals surface area contributed by atoms with E-state index in [1.807, 2.05) is 0 Å². The summed E-state index contributed by atoms with van der Waals surface area (Å²) < 4.78 is 9.44. The van der Waals surface area contributed by atoms with Gasteiger partial charge in [-0.05, 0) is 11.1 Å². The number of rotatable bonds is 5. The Hall–Kier alpha value is -2.05. The van der Waals surface area contributed by atoms with Crippen molar-refractivity contribution in [2.45, 2.75) is 19.9 Å². The quantitative estimate of drug-likeness (QED) is 0.780. The lowest BCUT2D eigenvalue weighted by atomic mass is 10.0. The van der Waals surface area contributed by atoms with Crippen molar-refractivity contribution >= 4 is 11.9 Å². The standard InChI is InChI=1S/C10H14N2O5/c1-5(2)8(10(14)15)11-9(13)6-4-7(16-3)12-17-6/h4-5,8H,1-3H3,(H,11,13)(H,14,15). The molecule has 0 saturated heterocycles. The van der Waals surface area contributed by atoms with Gasteiger partial charge in [0, 0.05) is 0 Å². The molecule has 0 aliphatic rings. The summed E-state index contributed by atoms with van der Waals surface area (Å²) in [6, 6.07) is 0.313. The molecule has 1 heterocycles. The van der Waals surface area contributed by atoms with Gasteiger partial charge in [0.2, 0.25) is 5.76 Å². The van der Waals surface area contributed by atoms with Gasteiger partial charge in [-0.25, -0.2) is 4.79 Å². The third-order valence-corrected chi connectivity index (χ3v) is 2.14. The predicted octanol–water partition coefficient (Wildman–Crippen LogP) is 0.522. The molecule has 0 aliphatic heterocycles. The minimum atomic E-state index is -1.10. The fourth-order valence-corrected chi connectivity index (χ4v) is 1.19. The number of aromatic nitrogens is 1. The molecular formula is C10H14N2O5. The molecule has 17 heavy (non-hydrogen) atoms. The number of nitrogens with one attached hydrogen (secondary N) is 1. The number of carbonyl (C=O) groups is 2. The molecule has 0 saturated carbocycles. The van der Waals surface area contributed by atoms with Crippen molar-refractivity contribution in [3.05, 3.63) is 11.8 Å². The van der Waals surface area contributed by atoms with Crippen LogP contribution >= 0.6 is 0 Å². The molecule has 0 aromatic carbocycles. The number of carbonyl (C=O) groups excluding carboxylic acids is 1. The number of hydrogen-bond acceptors (Lipinski definition) is 5. The number of nitrogens with zero attached hydrogens (tertiary/aromatic N) is 1. The van der Waals surface area contributed by atoms with Crippen molar-refractivity contribution in [3.63, 3.8) is 0 Å². The molecule has 0 fully saturated rings. The van der Waals surface area contributed by atoms with Gasteiger partial charge in [-0.2, -0.15) is 0 Å². The predicted molar refractivity (Wildman–Crippen MR) is 56.8 cm³/mol. The maximum Gasteiger partial charge on any atom is 0.326 e. The van der Waals surface area contributed by atoms with Gasteiger partial charge < -0.3 is 19.7 Å². The van der Waals surface area contributed by atoms with Crippen LogP contribution in [0, 0.1) is 5.92 Å². The zero-order chi connectivity index (χ0) is 13.0. The Morgan fingerprint density at radius 3 is 2.59 bits per heavy atom. The second-order valence-electron chi connectivity index (χ2n) is 3.77. The number of ether oxygens (including phenoxy) is 1. The average molecular weight is 242 g/mol. The van der Waals surface area contributed by atoms with E-state index < -0.39 is 17.9 Å². The largest absolute Gasteiger partial charge is 0.480 e. The third-order valence-electron chi connectivity index (χ3n) is 2.14. The summed E-state index contributed by atoms with van der Waals surface area (Å²) in [6.07, 6.45) is 0. The molecule has 0 radical (unpaired) electrons. The Morgan fingerprint density at radius 1 is 1.53 bits per heavy atom. The SMILES string of the molecule is COc1cc(C(=O)NC(C(=O)O)C(C)C)on1. The number of aliphatic carboxylic acids is 1. The zero-order valence-corrected chi connectivity index (χ0v) is 9.76. The van der Waals surface area contributed by atoms with Gasteiger partial charge in [-0.15, -0.1) is 0 Å². The van der Waals surface area contributed by atoms with E-state index in [0.29, 0.717) is 0 Å². The van der Waals surface area contributed by atoms with Crippen LogP contribution < -0.4 is 10.1 Å². The fourth-order valence-electron chi connectivity index (χ4n) is 1.19. The maximum atomic E-state index is 11.6. The lowest BCUT2D eigenvalue weighted by Gasteiger charge is -2.16. The van der Waals surface area contributed by atoms with Crippen LogP contribution in [-0.2, 0) is 4.79 Å². The smallest absolute Gasteiger partial charge is 0.326 e. The molecule has 1 atom stereocenters. The van der Waals surface area contributed by atoms with Crippen LogP contribution in [0.1, 0.15) is 24.4 Å². The molecule has 0 spiro atoms. The molecule has 0 bridgehead atoms. The monoisotopic (exact) mass is 242 g/mol. The van der Waals surface area contributed by atoms with Crippen molar-refractivity contribution in [1.82, 2.24) is 10.5 Å². The summed E-state index contributed by atoms with van der Waals surface area (Å²) in [5.74, 6) is -1.90. The highest BCUT2D eigenvalue weighted by Gasteiger charge is 2.25. The van der Waals surface area contributed by atoms with Gasteiger partial charge in [0.25, 0.3) is 11.8 Å². The maximum absolute atomic E-state index is 11.6. The molecule has 7 heteroatoms. The van der Waals surface area contributed by atoms with Crippen LogP contribution in [0.3, 0.4) is 0 Å². The van der Waals surface area contributed by atoms with E-state index >= 15 is 0 Å². The summed E-state index contributed by atoms with van der Waals surface area (Å²) in [6.45, 7) is 3.39. The highest BCUT2D eigenvalue weighted by Crippen LogP contribution is 2.11. The number of amides is 1. The van der Waals surface area contributed by atoms with E-state index in [9.17, 15) is 9.59 Å². The van der Waals surface area contributed by atoms with Crippen molar-refractivity contribution in [2.24, 2.45) is 5.92 Å². The van der Waals surface area contributed by atoms with Gasteiger partial charge in [-0.3, -0.25) is 4.79 Å². The molecule has 7 nitrogen and oxygen atoms in total. The Morgan fingerprint density at radius 2 is 2.18 bits per heavy atom. The van der Waals surface area contributed by atoms with Crippen LogP contribution in [0.25, 0.3) is 0 Å². The van der Waals surface area contributed by atoms with E-state index in [1.165, 1.54) is 13.2 Å². The van der Waals surface area contributed by atoms with E-state index in [4.69, 9.17) is 14.4 Å². The third kappa shape index (κ3) is 3.20. The molecule has 2 N–H and O–H groups in total. The van der Waals surface area contributed by atoms with Crippen LogP contribution in [0.2, 0.25) is 0 Å². The highest BCUT2D eigenvalue weighted by molar-refractivity contribution is 5.94.